The van der Waals surface area contributed by atoms with E-state index < -0.39 is 11.2 Å². The number of hydrogen-bond donors (Lipinski definition) is 4. The number of fused-ring (bicyclic) bond motifs is 2. The number of nitrogens with zero attached hydrogens (tertiary/aromatic N) is 2. The predicted octanol–water partition coefficient (Wildman–Crippen LogP) is 6.24. The molecule has 2 unspecified atom stereocenters. The van der Waals surface area contributed by atoms with Crippen molar-refractivity contribution >= 4 is 11.6 Å². The molecule has 2 fully saturated rings. The number of benzene rings is 4. The Balaban J connectivity index is 0.000000162. The van der Waals surface area contributed by atoms with E-state index in [0.717, 1.165) is 92.8 Å². The van der Waals surface area contributed by atoms with E-state index in [9.17, 15) is 30.0 Å². The Morgan fingerprint density at radius 1 is 0.577 bits per heavy atom. The molecule has 4 aliphatic rings. The van der Waals surface area contributed by atoms with Crippen LogP contribution in [0.2, 0.25) is 0 Å². The van der Waals surface area contributed by atoms with Gasteiger partial charge in [-0.15, -0.1) is 0 Å². The van der Waals surface area contributed by atoms with E-state index in [1.807, 2.05) is 66.7 Å². The minimum atomic E-state index is -0.757. The van der Waals surface area contributed by atoms with Crippen molar-refractivity contribution in [2.75, 3.05) is 39.3 Å². The molecule has 0 amide bonds. The maximum atomic E-state index is 12.8. The molecule has 0 aromatic heterocycles. The van der Waals surface area contributed by atoms with E-state index in [0.29, 0.717) is 31.2 Å². The molecule has 2 heterocycles. The number of Topliss-reactive ketones (excluding diaryl/α,β-unsaturated/α-hetero) is 2. The lowest BCUT2D eigenvalue weighted by molar-refractivity contribution is -0.0287. The van der Waals surface area contributed by atoms with Crippen molar-refractivity contribution in [3.63, 3.8) is 0 Å². The molecule has 4 N–H and O–H groups in total. The Morgan fingerprint density at radius 2 is 1.08 bits per heavy atom. The van der Waals surface area contributed by atoms with Gasteiger partial charge >= 0.3 is 0 Å². The first-order chi connectivity index (χ1) is 25.1. The van der Waals surface area contributed by atoms with Crippen LogP contribution in [0.1, 0.15) is 81.5 Å². The lowest BCUT2D eigenvalue weighted by Crippen LogP contribution is -2.45. The molecule has 272 valence electrons. The van der Waals surface area contributed by atoms with Crippen LogP contribution in [0.3, 0.4) is 0 Å². The molecule has 4 aromatic carbocycles. The summed E-state index contributed by atoms with van der Waals surface area (Å²) >= 11 is 0. The molecule has 8 rings (SSSR count). The zero-order valence-electron chi connectivity index (χ0n) is 29.8. The molecule has 2 aliphatic carbocycles. The van der Waals surface area contributed by atoms with Gasteiger partial charge in [0.05, 0.1) is 11.2 Å². The van der Waals surface area contributed by atoms with Crippen molar-refractivity contribution in [3.05, 3.63) is 130 Å². The van der Waals surface area contributed by atoms with Gasteiger partial charge in [-0.1, -0.05) is 72.8 Å². The van der Waals surface area contributed by atoms with Gasteiger partial charge in [-0.25, -0.2) is 0 Å². The van der Waals surface area contributed by atoms with E-state index in [-0.39, 0.29) is 34.9 Å². The zero-order chi connectivity index (χ0) is 36.3. The van der Waals surface area contributed by atoms with Crippen LogP contribution in [0.15, 0.2) is 97.1 Å². The summed E-state index contributed by atoms with van der Waals surface area (Å²) in [7, 11) is 0. The minimum absolute atomic E-state index is 0.00922. The van der Waals surface area contributed by atoms with Gasteiger partial charge in [0.2, 0.25) is 0 Å². The van der Waals surface area contributed by atoms with E-state index in [1.54, 1.807) is 30.3 Å². The van der Waals surface area contributed by atoms with Crippen LogP contribution in [0.25, 0.3) is 0 Å². The van der Waals surface area contributed by atoms with Gasteiger partial charge in [0.15, 0.2) is 11.6 Å². The van der Waals surface area contributed by atoms with Crippen LogP contribution in [0.4, 0.5) is 0 Å². The van der Waals surface area contributed by atoms with Crippen molar-refractivity contribution in [2.45, 2.75) is 62.6 Å². The zero-order valence-corrected chi connectivity index (χ0v) is 29.8. The lowest BCUT2D eigenvalue weighted by Gasteiger charge is -2.40. The topological polar surface area (TPSA) is 122 Å². The minimum Gasteiger partial charge on any atom is -0.508 e. The highest BCUT2D eigenvalue weighted by atomic mass is 16.3. The second-order valence-corrected chi connectivity index (χ2v) is 15.2. The fourth-order valence-corrected chi connectivity index (χ4v) is 8.70. The van der Waals surface area contributed by atoms with Gasteiger partial charge in [0.1, 0.15) is 11.5 Å². The number of carbonyl (C=O) groups is 2. The lowest BCUT2D eigenvalue weighted by atomic mass is 9.80. The summed E-state index contributed by atoms with van der Waals surface area (Å²) in [4.78, 5) is 30.2. The van der Waals surface area contributed by atoms with Crippen LogP contribution >= 0.6 is 0 Å². The molecule has 0 saturated carbocycles. The predicted molar refractivity (Wildman–Crippen MR) is 201 cm³/mol. The number of phenolic OH excluding ortho intramolecular Hbond substituents is 2. The van der Waals surface area contributed by atoms with Gasteiger partial charge < -0.3 is 30.2 Å². The molecule has 2 saturated heterocycles. The van der Waals surface area contributed by atoms with Crippen molar-refractivity contribution in [1.82, 2.24) is 9.80 Å². The third kappa shape index (κ3) is 7.71. The van der Waals surface area contributed by atoms with E-state index in [1.165, 1.54) is 0 Å². The van der Waals surface area contributed by atoms with Gasteiger partial charge in [-0.2, -0.15) is 0 Å². The number of carbonyl (C=O) groups excluding carboxylic acids is 2. The van der Waals surface area contributed by atoms with Crippen molar-refractivity contribution in [2.24, 2.45) is 11.8 Å². The number of aromatic hydroxyl groups is 2. The van der Waals surface area contributed by atoms with E-state index >= 15 is 0 Å². The number of ketones is 2. The second-order valence-electron chi connectivity index (χ2n) is 15.2. The smallest absolute Gasteiger partial charge is 0.167 e. The Bertz CT molecular complexity index is 1860. The van der Waals surface area contributed by atoms with E-state index in [4.69, 9.17) is 0 Å². The maximum absolute atomic E-state index is 12.8. The van der Waals surface area contributed by atoms with Gasteiger partial charge in [-0.3, -0.25) is 9.59 Å². The molecule has 52 heavy (non-hydrogen) atoms. The highest BCUT2D eigenvalue weighted by molar-refractivity contribution is 6.01. The normalized spacial score (nSPS) is 22.8. The largest absolute Gasteiger partial charge is 0.508 e. The number of phenols is 2. The van der Waals surface area contributed by atoms with Crippen LogP contribution in [-0.2, 0) is 24.0 Å². The number of likely N-dealkylation sites (tertiary alicyclic amines) is 2. The molecule has 0 bridgehead atoms. The van der Waals surface area contributed by atoms with Gasteiger partial charge in [-0.05, 0) is 92.3 Å². The summed E-state index contributed by atoms with van der Waals surface area (Å²) in [6, 6.07) is 30.1. The summed E-state index contributed by atoms with van der Waals surface area (Å²) < 4.78 is 0. The Kier molecular flexibility index (Phi) is 10.6. The van der Waals surface area contributed by atoms with Crippen molar-refractivity contribution in [3.8, 4) is 11.5 Å². The highest BCUT2D eigenvalue weighted by Gasteiger charge is 2.38. The first-order valence-corrected chi connectivity index (χ1v) is 18.8. The van der Waals surface area contributed by atoms with Gasteiger partial charge in [0, 0.05) is 67.8 Å². The molecule has 8 heteroatoms. The molecule has 2 aliphatic heterocycles. The van der Waals surface area contributed by atoms with Gasteiger partial charge in [0.25, 0.3) is 0 Å². The SMILES string of the molecule is O=C1c2ccc(O)cc2CCC1CN1CCC(O)(c2ccccc2)CC1.O=C1c2cccc(O)c2CCC1CN1CCC(O)(c2ccccc2)CC1. The van der Waals surface area contributed by atoms with Crippen LogP contribution in [-0.4, -0.2) is 81.1 Å². The Labute approximate surface area is 306 Å². The molecule has 0 radical (unpaired) electrons. The fraction of sp³-hybridized carbons (Fsp3) is 0.409. The Hall–Kier alpha value is -4.34. The fourth-order valence-electron chi connectivity index (χ4n) is 8.70. The summed E-state index contributed by atoms with van der Waals surface area (Å²) in [5.41, 5.74) is 3.66. The van der Waals surface area contributed by atoms with Crippen molar-refractivity contribution < 1.29 is 30.0 Å². The van der Waals surface area contributed by atoms with E-state index in [2.05, 4.69) is 9.80 Å². The molecule has 0 spiro atoms. The molecule has 2 atom stereocenters. The van der Waals surface area contributed by atoms with Crippen LogP contribution in [0, 0.1) is 11.8 Å². The maximum Gasteiger partial charge on any atom is 0.167 e. The van der Waals surface area contributed by atoms with Crippen LogP contribution in [0.5, 0.6) is 11.5 Å². The van der Waals surface area contributed by atoms with Crippen LogP contribution < -0.4 is 0 Å². The standard InChI is InChI=1S/2C22H25NO3/c24-20-8-4-7-19-18(20)10-9-16(21(19)25)15-23-13-11-22(26,12-14-23)17-5-2-1-3-6-17;24-19-8-9-20-16(14-19)6-7-17(21(20)25)15-23-12-10-22(26,11-13-23)18-4-2-1-3-5-18/h1-8,16,24,26H,9-15H2;1-5,8-9,14,17,24,26H,6-7,10-13,15H2. The third-order valence-corrected chi connectivity index (χ3v) is 12.0. The first-order valence-electron chi connectivity index (χ1n) is 18.8. The molecule has 8 nitrogen and oxygen atoms in total. The average molecular weight is 703 g/mol. The molecular formula is C44H50N2O6. The number of rotatable bonds is 6. The second kappa shape index (κ2) is 15.3. The summed E-state index contributed by atoms with van der Waals surface area (Å²) in [5, 5.41) is 41.5. The monoisotopic (exact) mass is 702 g/mol. The molecular weight excluding hydrogens is 652 g/mol. The number of aliphatic hydroxyl groups is 2. The third-order valence-electron chi connectivity index (χ3n) is 12.0. The average Bonchev–Trinajstić information content (AvgIpc) is 3.17. The highest BCUT2D eigenvalue weighted by Crippen LogP contribution is 2.37. The summed E-state index contributed by atoms with van der Waals surface area (Å²) in [6.45, 7) is 4.68. The quantitative estimate of drug-likeness (QED) is 0.186. The Morgan fingerprint density at radius 3 is 1.62 bits per heavy atom. The number of aryl methyl sites for hydroxylation is 1. The first kappa shape index (κ1) is 36.0. The van der Waals surface area contributed by atoms with Crippen molar-refractivity contribution in [1.29, 1.82) is 0 Å². The number of hydrogen-bond acceptors (Lipinski definition) is 8. The summed E-state index contributed by atoms with van der Waals surface area (Å²) in [5.74, 6) is 0.787. The number of piperidine rings is 2. The molecule has 4 aromatic rings. The summed E-state index contributed by atoms with van der Waals surface area (Å²) in [6.07, 6.45) is 5.97.